The summed E-state index contributed by atoms with van der Waals surface area (Å²) in [5, 5.41) is 6.48. The monoisotopic (exact) mass is 275 g/mol. The highest BCUT2D eigenvalue weighted by Gasteiger charge is 2.09. The molecule has 1 aromatic heterocycles. The Kier molecular flexibility index (Phi) is 4.36. The van der Waals surface area contributed by atoms with E-state index in [1.165, 1.54) is 0 Å². The van der Waals surface area contributed by atoms with Gasteiger partial charge in [-0.3, -0.25) is 9.78 Å². The third-order valence-electron chi connectivity index (χ3n) is 2.70. The lowest BCUT2D eigenvalue weighted by Crippen LogP contribution is -2.23. The average molecular weight is 276 g/mol. The number of halogens is 1. The number of hydrogen-bond donors (Lipinski definition) is 2. The summed E-state index contributed by atoms with van der Waals surface area (Å²) in [5.41, 5.74) is 2.28. The van der Waals surface area contributed by atoms with Gasteiger partial charge in [-0.05, 0) is 23.8 Å². The van der Waals surface area contributed by atoms with Crippen LogP contribution in [0.1, 0.15) is 15.9 Å². The van der Waals surface area contributed by atoms with Crippen LogP contribution in [-0.2, 0) is 6.54 Å². The number of nitrogens with one attached hydrogen (secondary N) is 2. The van der Waals surface area contributed by atoms with Gasteiger partial charge in [0, 0.05) is 24.8 Å². The second-order valence-electron chi connectivity index (χ2n) is 3.98. The standard InChI is InChI=1S/C14H14ClN3O/c1-16-13-9-17-7-6-12(13)14(19)18-8-10-2-4-11(15)5-3-10/h2-7,9,16H,8H2,1H3,(H,18,19). The van der Waals surface area contributed by atoms with E-state index >= 15 is 0 Å². The molecular formula is C14H14ClN3O. The van der Waals surface area contributed by atoms with Gasteiger partial charge in [0.2, 0.25) is 0 Å². The number of pyridine rings is 1. The number of carbonyl (C=O) groups is 1. The van der Waals surface area contributed by atoms with Gasteiger partial charge >= 0.3 is 0 Å². The molecule has 0 radical (unpaired) electrons. The summed E-state index contributed by atoms with van der Waals surface area (Å²) in [5.74, 6) is -0.137. The normalized spacial score (nSPS) is 10.0. The largest absolute Gasteiger partial charge is 0.386 e. The first kappa shape index (κ1) is 13.4. The number of carbonyl (C=O) groups excluding carboxylic acids is 1. The van der Waals surface area contributed by atoms with Gasteiger partial charge in [-0.15, -0.1) is 0 Å². The third kappa shape index (κ3) is 3.45. The van der Waals surface area contributed by atoms with Crippen molar-refractivity contribution in [3.05, 3.63) is 58.9 Å². The molecule has 2 N–H and O–H groups in total. The van der Waals surface area contributed by atoms with Crippen molar-refractivity contribution in [2.24, 2.45) is 0 Å². The molecule has 2 aromatic rings. The molecular weight excluding hydrogens is 262 g/mol. The van der Waals surface area contributed by atoms with E-state index in [1.54, 1.807) is 37.6 Å². The summed E-state index contributed by atoms with van der Waals surface area (Å²) in [4.78, 5) is 16.0. The van der Waals surface area contributed by atoms with Crippen molar-refractivity contribution < 1.29 is 4.79 Å². The van der Waals surface area contributed by atoms with Crippen LogP contribution in [0.2, 0.25) is 5.02 Å². The van der Waals surface area contributed by atoms with Crippen LogP contribution in [0.3, 0.4) is 0 Å². The molecule has 2 rings (SSSR count). The summed E-state index contributed by atoms with van der Waals surface area (Å²) >= 11 is 5.81. The van der Waals surface area contributed by atoms with E-state index in [4.69, 9.17) is 11.6 Å². The molecule has 4 nitrogen and oxygen atoms in total. The van der Waals surface area contributed by atoms with Gasteiger partial charge in [-0.1, -0.05) is 23.7 Å². The van der Waals surface area contributed by atoms with Crippen molar-refractivity contribution >= 4 is 23.2 Å². The van der Waals surface area contributed by atoms with E-state index < -0.39 is 0 Å². The van der Waals surface area contributed by atoms with Gasteiger partial charge in [0.15, 0.2) is 0 Å². The molecule has 0 fully saturated rings. The maximum Gasteiger partial charge on any atom is 0.253 e. The Morgan fingerprint density at radius 3 is 2.68 bits per heavy atom. The highest BCUT2D eigenvalue weighted by molar-refractivity contribution is 6.30. The first-order valence-electron chi connectivity index (χ1n) is 5.85. The van der Waals surface area contributed by atoms with E-state index in [2.05, 4.69) is 15.6 Å². The maximum absolute atomic E-state index is 12.1. The number of amides is 1. The Hall–Kier alpha value is -2.07. The van der Waals surface area contributed by atoms with Crippen molar-refractivity contribution in [1.82, 2.24) is 10.3 Å². The summed E-state index contributed by atoms with van der Waals surface area (Å²) in [7, 11) is 1.76. The molecule has 0 unspecified atom stereocenters. The van der Waals surface area contributed by atoms with Crippen LogP contribution >= 0.6 is 11.6 Å². The molecule has 0 aliphatic carbocycles. The third-order valence-corrected chi connectivity index (χ3v) is 2.95. The van der Waals surface area contributed by atoms with Crippen molar-refractivity contribution in [2.45, 2.75) is 6.54 Å². The molecule has 0 saturated heterocycles. The topological polar surface area (TPSA) is 54.0 Å². The summed E-state index contributed by atoms with van der Waals surface area (Å²) < 4.78 is 0. The molecule has 5 heteroatoms. The van der Waals surface area contributed by atoms with Crippen LogP contribution < -0.4 is 10.6 Å². The fourth-order valence-electron chi connectivity index (χ4n) is 1.67. The molecule has 1 aromatic carbocycles. The number of aromatic nitrogens is 1. The number of nitrogens with zero attached hydrogens (tertiary/aromatic N) is 1. The second-order valence-corrected chi connectivity index (χ2v) is 4.42. The lowest BCUT2D eigenvalue weighted by atomic mass is 10.2. The zero-order valence-corrected chi connectivity index (χ0v) is 11.2. The quantitative estimate of drug-likeness (QED) is 0.902. The molecule has 0 saturated carbocycles. The molecule has 0 aliphatic heterocycles. The molecule has 0 bridgehead atoms. The zero-order chi connectivity index (χ0) is 13.7. The minimum absolute atomic E-state index is 0.137. The summed E-state index contributed by atoms with van der Waals surface area (Å²) in [6.45, 7) is 0.460. The second kappa shape index (κ2) is 6.20. The van der Waals surface area contributed by atoms with Crippen molar-refractivity contribution in [3.63, 3.8) is 0 Å². The SMILES string of the molecule is CNc1cnccc1C(=O)NCc1ccc(Cl)cc1. The number of rotatable bonds is 4. The minimum Gasteiger partial charge on any atom is -0.386 e. The Morgan fingerprint density at radius 1 is 1.26 bits per heavy atom. The number of anilines is 1. The fourth-order valence-corrected chi connectivity index (χ4v) is 1.80. The van der Waals surface area contributed by atoms with Gasteiger partial charge in [0.05, 0.1) is 17.4 Å². The summed E-state index contributed by atoms with van der Waals surface area (Å²) in [6, 6.07) is 9.05. The smallest absolute Gasteiger partial charge is 0.253 e. The fraction of sp³-hybridized carbons (Fsp3) is 0.143. The first-order valence-corrected chi connectivity index (χ1v) is 6.23. The lowest BCUT2D eigenvalue weighted by molar-refractivity contribution is 0.0951. The molecule has 0 spiro atoms. The van der Waals surface area contributed by atoms with Crippen LogP contribution in [0, 0.1) is 0 Å². The predicted molar refractivity (Wildman–Crippen MR) is 76.4 cm³/mol. The van der Waals surface area contributed by atoms with Gasteiger partial charge in [-0.2, -0.15) is 0 Å². The van der Waals surface area contributed by atoms with Gasteiger partial charge in [0.25, 0.3) is 5.91 Å². The highest BCUT2D eigenvalue weighted by atomic mass is 35.5. The molecule has 19 heavy (non-hydrogen) atoms. The van der Waals surface area contributed by atoms with Crippen LogP contribution in [0.4, 0.5) is 5.69 Å². The van der Waals surface area contributed by atoms with Crippen LogP contribution in [0.15, 0.2) is 42.7 Å². The lowest BCUT2D eigenvalue weighted by Gasteiger charge is -2.09. The Balaban J connectivity index is 2.03. The molecule has 98 valence electrons. The number of benzene rings is 1. The Labute approximate surface area is 116 Å². The summed E-state index contributed by atoms with van der Waals surface area (Å²) in [6.07, 6.45) is 3.22. The maximum atomic E-state index is 12.1. The number of hydrogen-bond acceptors (Lipinski definition) is 3. The van der Waals surface area contributed by atoms with Crippen molar-refractivity contribution in [2.75, 3.05) is 12.4 Å². The van der Waals surface area contributed by atoms with Crippen LogP contribution in [0.25, 0.3) is 0 Å². The van der Waals surface area contributed by atoms with Crippen molar-refractivity contribution in [1.29, 1.82) is 0 Å². The van der Waals surface area contributed by atoms with E-state index in [0.717, 1.165) is 5.56 Å². The highest BCUT2D eigenvalue weighted by Crippen LogP contribution is 2.13. The van der Waals surface area contributed by atoms with E-state index in [1.807, 2.05) is 12.1 Å². The van der Waals surface area contributed by atoms with E-state index in [-0.39, 0.29) is 5.91 Å². The van der Waals surface area contributed by atoms with Crippen LogP contribution in [0.5, 0.6) is 0 Å². The molecule has 1 heterocycles. The van der Waals surface area contributed by atoms with Gasteiger partial charge < -0.3 is 10.6 Å². The predicted octanol–water partition coefficient (Wildman–Crippen LogP) is 2.71. The van der Waals surface area contributed by atoms with E-state index in [9.17, 15) is 4.79 Å². The van der Waals surface area contributed by atoms with Crippen molar-refractivity contribution in [3.8, 4) is 0 Å². The van der Waals surface area contributed by atoms with E-state index in [0.29, 0.717) is 22.8 Å². The average Bonchev–Trinajstić information content (AvgIpc) is 2.46. The Bertz CT molecular complexity index is 569. The zero-order valence-electron chi connectivity index (χ0n) is 10.5. The molecule has 0 aliphatic rings. The minimum atomic E-state index is -0.137. The van der Waals surface area contributed by atoms with Gasteiger partial charge in [0.1, 0.15) is 0 Å². The molecule has 0 atom stereocenters. The Morgan fingerprint density at radius 2 is 2.00 bits per heavy atom. The first-order chi connectivity index (χ1) is 9.20. The molecule has 1 amide bonds. The van der Waals surface area contributed by atoms with Crippen LogP contribution in [-0.4, -0.2) is 17.9 Å². The van der Waals surface area contributed by atoms with Gasteiger partial charge in [-0.25, -0.2) is 0 Å².